The number of hydrogen-bond donors (Lipinski definition) is 1. The predicted octanol–water partition coefficient (Wildman–Crippen LogP) is 4.53. The molecule has 0 unspecified atom stereocenters. The Bertz CT molecular complexity index is 938. The first-order chi connectivity index (χ1) is 13.1. The van der Waals surface area contributed by atoms with E-state index in [0.717, 1.165) is 29.4 Å². The normalized spacial score (nSPS) is 14.7. The summed E-state index contributed by atoms with van der Waals surface area (Å²) in [5, 5.41) is 11.6. The molecule has 0 aliphatic heterocycles. The van der Waals surface area contributed by atoms with Gasteiger partial charge in [-0.1, -0.05) is 42.1 Å². The van der Waals surface area contributed by atoms with Gasteiger partial charge in [-0.25, -0.2) is 4.39 Å². The highest BCUT2D eigenvalue weighted by atomic mass is 32.2. The molecule has 0 spiro atoms. The first kappa shape index (κ1) is 17.7. The van der Waals surface area contributed by atoms with Crippen LogP contribution < -0.4 is 5.32 Å². The van der Waals surface area contributed by atoms with E-state index in [0.29, 0.717) is 11.7 Å². The van der Waals surface area contributed by atoms with Crippen LogP contribution in [0.25, 0.3) is 0 Å². The van der Waals surface area contributed by atoms with Crippen LogP contribution in [0.3, 0.4) is 0 Å². The molecule has 1 heterocycles. The van der Waals surface area contributed by atoms with Crippen LogP contribution in [-0.2, 0) is 4.79 Å². The number of thioether (sulfide) groups is 1. The minimum Gasteiger partial charge on any atom is -0.325 e. The Balaban J connectivity index is 1.61. The van der Waals surface area contributed by atoms with Gasteiger partial charge < -0.3 is 9.88 Å². The standard InChI is InChI=1S/C20H19FN4OS/c1-13-23-24-20(25(13)17-11-12-17)27-18(14-5-3-2-4-6-14)19(26)22-16-9-7-15(21)8-10-16/h2-10,17-18H,11-12H2,1H3,(H,22,26)/t18-/m0/s1. The van der Waals surface area contributed by atoms with E-state index in [1.54, 1.807) is 12.1 Å². The number of anilines is 1. The fourth-order valence-electron chi connectivity index (χ4n) is 2.93. The van der Waals surface area contributed by atoms with Gasteiger partial charge in [-0.3, -0.25) is 4.79 Å². The Morgan fingerprint density at radius 3 is 2.52 bits per heavy atom. The number of hydrogen-bond acceptors (Lipinski definition) is 4. The molecule has 27 heavy (non-hydrogen) atoms. The smallest absolute Gasteiger partial charge is 0.242 e. The molecule has 4 rings (SSSR count). The summed E-state index contributed by atoms with van der Waals surface area (Å²) < 4.78 is 15.2. The summed E-state index contributed by atoms with van der Waals surface area (Å²) in [6.07, 6.45) is 2.23. The number of amides is 1. The summed E-state index contributed by atoms with van der Waals surface area (Å²) >= 11 is 1.39. The molecule has 1 N–H and O–H groups in total. The van der Waals surface area contributed by atoms with Crippen molar-refractivity contribution in [2.75, 3.05) is 5.32 Å². The molecule has 0 bridgehead atoms. The Kier molecular flexibility index (Phi) is 4.94. The molecule has 0 radical (unpaired) electrons. The van der Waals surface area contributed by atoms with Crippen molar-refractivity contribution in [2.45, 2.75) is 36.2 Å². The van der Waals surface area contributed by atoms with Crippen LogP contribution in [0.2, 0.25) is 0 Å². The lowest BCUT2D eigenvalue weighted by Gasteiger charge is -2.17. The van der Waals surface area contributed by atoms with Crippen molar-refractivity contribution < 1.29 is 9.18 Å². The number of halogens is 1. The molecular weight excluding hydrogens is 363 g/mol. The van der Waals surface area contributed by atoms with E-state index in [4.69, 9.17) is 0 Å². The monoisotopic (exact) mass is 382 g/mol. The zero-order valence-electron chi connectivity index (χ0n) is 14.8. The van der Waals surface area contributed by atoms with Gasteiger partial charge in [0.05, 0.1) is 0 Å². The van der Waals surface area contributed by atoms with Crippen molar-refractivity contribution in [3.63, 3.8) is 0 Å². The summed E-state index contributed by atoms with van der Waals surface area (Å²) in [5.74, 6) is 0.349. The molecule has 0 saturated heterocycles. The van der Waals surface area contributed by atoms with Crippen molar-refractivity contribution >= 4 is 23.4 Å². The Morgan fingerprint density at radius 1 is 1.15 bits per heavy atom. The second-order valence-corrected chi connectivity index (χ2v) is 7.61. The highest BCUT2D eigenvalue weighted by Gasteiger charge is 2.31. The third-order valence-electron chi connectivity index (χ3n) is 4.42. The molecule has 1 fully saturated rings. The molecule has 1 aromatic heterocycles. The summed E-state index contributed by atoms with van der Waals surface area (Å²) in [7, 11) is 0. The summed E-state index contributed by atoms with van der Waals surface area (Å²) in [6.45, 7) is 1.94. The molecule has 1 aliphatic rings. The molecule has 1 atom stereocenters. The Hall–Kier alpha value is -2.67. The molecule has 7 heteroatoms. The average Bonchev–Trinajstić information content (AvgIpc) is 3.45. The predicted molar refractivity (Wildman–Crippen MR) is 103 cm³/mol. The number of rotatable bonds is 6. The van der Waals surface area contributed by atoms with Gasteiger partial charge in [0.15, 0.2) is 5.16 Å². The van der Waals surface area contributed by atoms with Crippen LogP contribution in [0, 0.1) is 12.7 Å². The third kappa shape index (κ3) is 4.03. The Morgan fingerprint density at radius 2 is 1.85 bits per heavy atom. The molecule has 2 aromatic carbocycles. The minimum absolute atomic E-state index is 0.180. The number of carbonyl (C=O) groups excluding carboxylic acids is 1. The van der Waals surface area contributed by atoms with E-state index < -0.39 is 5.25 Å². The first-order valence-electron chi connectivity index (χ1n) is 8.81. The lowest BCUT2D eigenvalue weighted by Crippen LogP contribution is -2.19. The largest absolute Gasteiger partial charge is 0.325 e. The average molecular weight is 382 g/mol. The molecule has 5 nitrogen and oxygen atoms in total. The van der Waals surface area contributed by atoms with Crippen molar-refractivity contribution in [3.05, 3.63) is 71.8 Å². The maximum atomic E-state index is 13.1. The van der Waals surface area contributed by atoms with E-state index in [9.17, 15) is 9.18 Å². The first-order valence-corrected chi connectivity index (χ1v) is 9.69. The van der Waals surface area contributed by atoms with Crippen LogP contribution in [0.5, 0.6) is 0 Å². The highest BCUT2D eigenvalue weighted by Crippen LogP contribution is 2.42. The van der Waals surface area contributed by atoms with Crippen molar-refractivity contribution in [1.82, 2.24) is 14.8 Å². The fraction of sp³-hybridized carbons (Fsp3) is 0.250. The van der Waals surface area contributed by atoms with Gasteiger partial charge in [-0.05, 0) is 49.6 Å². The zero-order valence-corrected chi connectivity index (χ0v) is 15.6. The number of aromatic nitrogens is 3. The summed E-state index contributed by atoms with van der Waals surface area (Å²) in [4.78, 5) is 13.0. The Labute approximate surface area is 161 Å². The van der Waals surface area contributed by atoms with E-state index in [1.807, 2.05) is 37.3 Å². The topological polar surface area (TPSA) is 59.8 Å². The van der Waals surface area contributed by atoms with Gasteiger partial charge in [-0.2, -0.15) is 0 Å². The van der Waals surface area contributed by atoms with Gasteiger partial charge in [0, 0.05) is 11.7 Å². The van der Waals surface area contributed by atoms with Gasteiger partial charge in [0.1, 0.15) is 16.9 Å². The number of aryl methyl sites for hydroxylation is 1. The van der Waals surface area contributed by atoms with Crippen LogP contribution in [-0.4, -0.2) is 20.7 Å². The van der Waals surface area contributed by atoms with Gasteiger partial charge in [0.25, 0.3) is 0 Å². The second-order valence-electron chi connectivity index (χ2n) is 6.54. The number of nitrogens with one attached hydrogen (secondary N) is 1. The summed E-state index contributed by atoms with van der Waals surface area (Å²) in [5.41, 5.74) is 1.44. The van der Waals surface area contributed by atoms with Gasteiger partial charge >= 0.3 is 0 Å². The summed E-state index contributed by atoms with van der Waals surface area (Å²) in [6, 6.07) is 15.8. The zero-order chi connectivity index (χ0) is 18.8. The molecule has 1 aliphatic carbocycles. The molecule has 138 valence electrons. The maximum absolute atomic E-state index is 13.1. The van der Waals surface area contributed by atoms with Crippen LogP contribution in [0.1, 0.15) is 35.5 Å². The number of benzene rings is 2. The maximum Gasteiger partial charge on any atom is 0.242 e. The minimum atomic E-state index is -0.489. The fourth-order valence-corrected chi connectivity index (χ4v) is 4.08. The molecular formula is C20H19FN4OS. The second kappa shape index (κ2) is 7.52. The van der Waals surface area contributed by atoms with Gasteiger partial charge in [0.2, 0.25) is 5.91 Å². The molecule has 1 saturated carbocycles. The number of nitrogens with zero attached hydrogens (tertiary/aromatic N) is 3. The van der Waals surface area contributed by atoms with Crippen LogP contribution in [0.15, 0.2) is 59.8 Å². The number of carbonyl (C=O) groups is 1. The third-order valence-corrected chi connectivity index (χ3v) is 5.63. The lowest BCUT2D eigenvalue weighted by molar-refractivity contribution is -0.115. The quantitative estimate of drug-likeness (QED) is 0.636. The van der Waals surface area contributed by atoms with Gasteiger partial charge in [-0.15, -0.1) is 10.2 Å². The lowest BCUT2D eigenvalue weighted by atomic mass is 10.1. The van der Waals surface area contributed by atoms with Crippen LogP contribution >= 0.6 is 11.8 Å². The highest BCUT2D eigenvalue weighted by molar-refractivity contribution is 8.00. The SMILES string of the molecule is Cc1nnc(S[C@H](C(=O)Nc2ccc(F)cc2)c2ccccc2)n1C1CC1. The van der Waals surface area contributed by atoms with E-state index in [-0.39, 0.29) is 11.7 Å². The molecule has 3 aromatic rings. The van der Waals surface area contributed by atoms with Crippen LogP contribution in [0.4, 0.5) is 10.1 Å². The van der Waals surface area contributed by atoms with Crippen molar-refractivity contribution in [1.29, 1.82) is 0 Å². The van der Waals surface area contributed by atoms with Crippen molar-refractivity contribution in [2.24, 2.45) is 0 Å². The van der Waals surface area contributed by atoms with E-state index >= 15 is 0 Å². The van der Waals surface area contributed by atoms with E-state index in [1.165, 1.54) is 23.9 Å². The van der Waals surface area contributed by atoms with Crippen molar-refractivity contribution in [3.8, 4) is 0 Å². The van der Waals surface area contributed by atoms with E-state index in [2.05, 4.69) is 20.1 Å². The molecule has 1 amide bonds.